The molecule has 0 aromatic heterocycles. The Morgan fingerprint density at radius 2 is 1.63 bits per heavy atom. The van der Waals surface area contributed by atoms with Crippen molar-refractivity contribution < 1.29 is 35.3 Å². The van der Waals surface area contributed by atoms with Gasteiger partial charge in [0.1, 0.15) is 11.5 Å². The molecule has 3 aromatic rings. The Kier molecular flexibility index (Phi) is 8.19. The van der Waals surface area contributed by atoms with Crippen LogP contribution < -0.4 is 9.64 Å². The van der Waals surface area contributed by atoms with Crippen LogP contribution in [-0.2, 0) is 20.5 Å². The molecule has 0 spiro atoms. The van der Waals surface area contributed by atoms with Crippen LogP contribution in [0, 0.1) is 0 Å². The SMILES string of the molecule is CS(=O)(=O)OCCCN1C[C@H](c2cccc(C(F)(F)F)c2)N(c2ccc(Oc3ccc(Cl)cc3)cc2)C1=O. The molecule has 1 aliphatic rings. The highest BCUT2D eigenvalue weighted by Gasteiger charge is 2.40. The molecule has 2 amide bonds. The summed E-state index contributed by atoms with van der Waals surface area (Å²) in [7, 11) is -3.63. The summed E-state index contributed by atoms with van der Waals surface area (Å²) in [6.45, 7) is 0.160. The molecular weight excluding hydrogens is 545 g/mol. The number of anilines is 1. The first kappa shape index (κ1) is 27.7. The van der Waals surface area contributed by atoms with Crippen molar-refractivity contribution in [3.8, 4) is 11.5 Å². The normalized spacial score (nSPS) is 16.2. The summed E-state index contributed by atoms with van der Waals surface area (Å²) in [5.41, 5.74) is -0.0191. The molecule has 4 rings (SSSR count). The maximum atomic E-state index is 13.4. The van der Waals surface area contributed by atoms with Crippen LogP contribution in [-0.4, -0.2) is 45.3 Å². The van der Waals surface area contributed by atoms with E-state index in [0.717, 1.165) is 18.4 Å². The van der Waals surface area contributed by atoms with Gasteiger partial charge in [0.25, 0.3) is 10.1 Å². The van der Waals surface area contributed by atoms with Crippen molar-refractivity contribution in [3.63, 3.8) is 0 Å². The number of urea groups is 1. The summed E-state index contributed by atoms with van der Waals surface area (Å²) in [5.74, 6) is 1.05. The average molecular weight is 569 g/mol. The third-order valence-electron chi connectivity index (χ3n) is 5.81. The second-order valence-electron chi connectivity index (χ2n) is 8.67. The molecule has 1 saturated heterocycles. The van der Waals surface area contributed by atoms with Gasteiger partial charge in [0, 0.05) is 23.8 Å². The predicted octanol–water partition coefficient (Wildman–Crippen LogP) is 6.50. The number of halogens is 4. The van der Waals surface area contributed by atoms with Gasteiger partial charge in [0.15, 0.2) is 0 Å². The largest absolute Gasteiger partial charge is 0.457 e. The molecule has 3 aromatic carbocycles. The van der Waals surface area contributed by atoms with Gasteiger partial charge >= 0.3 is 12.2 Å². The lowest BCUT2D eigenvalue weighted by atomic mass is 10.0. The molecule has 1 atom stereocenters. The molecule has 0 unspecified atom stereocenters. The number of carbonyl (C=O) groups is 1. The number of rotatable bonds is 9. The van der Waals surface area contributed by atoms with Gasteiger partial charge in [0.05, 0.1) is 24.5 Å². The molecule has 1 fully saturated rings. The lowest BCUT2D eigenvalue weighted by Crippen LogP contribution is -2.33. The fraction of sp³-hybridized carbons (Fsp3) is 0.269. The molecule has 1 aliphatic heterocycles. The molecule has 0 bridgehead atoms. The van der Waals surface area contributed by atoms with Crippen LogP contribution in [0.4, 0.5) is 23.7 Å². The number of carbonyl (C=O) groups excluding carboxylic acids is 1. The van der Waals surface area contributed by atoms with Crippen molar-refractivity contribution in [1.29, 1.82) is 0 Å². The first-order chi connectivity index (χ1) is 17.9. The van der Waals surface area contributed by atoms with Crippen LogP contribution in [0.15, 0.2) is 72.8 Å². The Labute approximate surface area is 223 Å². The molecule has 12 heteroatoms. The zero-order valence-corrected chi connectivity index (χ0v) is 21.8. The van der Waals surface area contributed by atoms with Crippen LogP contribution in [0.2, 0.25) is 5.02 Å². The third kappa shape index (κ3) is 6.97. The zero-order chi connectivity index (χ0) is 27.5. The summed E-state index contributed by atoms with van der Waals surface area (Å²) >= 11 is 5.90. The van der Waals surface area contributed by atoms with Crippen LogP contribution in [0.1, 0.15) is 23.6 Å². The minimum atomic E-state index is -4.53. The molecule has 7 nitrogen and oxygen atoms in total. The van der Waals surface area contributed by atoms with Gasteiger partial charge in [-0.25, -0.2) is 4.79 Å². The fourth-order valence-corrected chi connectivity index (χ4v) is 4.63. The number of ether oxygens (including phenoxy) is 1. The number of hydrogen-bond donors (Lipinski definition) is 0. The lowest BCUT2D eigenvalue weighted by molar-refractivity contribution is -0.137. The fourth-order valence-electron chi connectivity index (χ4n) is 4.09. The van der Waals surface area contributed by atoms with Crippen molar-refractivity contribution in [1.82, 2.24) is 4.90 Å². The van der Waals surface area contributed by atoms with Crippen LogP contribution >= 0.6 is 11.6 Å². The van der Waals surface area contributed by atoms with E-state index in [2.05, 4.69) is 0 Å². The summed E-state index contributed by atoms with van der Waals surface area (Å²) in [5, 5.41) is 0.563. The standard InChI is InChI=1S/C26H24ClF3N2O5S/c1-38(34,35)36-15-3-14-31-17-24(18-4-2-5-19(16-18)26(28,29)30)32(25(31)33)21-8-12-23(13-9-21)37-22-10-6-20(27)7-11-22/h2,4-13,16,24H,3,14-15,17H2,1H3/t24-/m1/s1. The second-order valence-corrected chi connectivity index (χ2v) is 10.7. The highest BCUT2D eigenvalue weighted by molar-refractivity contribution is 7.85. The Morgan fingerprint density at radius 3 is 2.24 bits per heavy atom. The highest BCUT2D eigenvalue weighted by atomic mass is 35.5. The summed E-state index contributed by atoms with van der Waals surface area (Å²) in [6.07, 6.45) is -3.37. The topological polar surface area (TPSA) is 76.2 Å². The van der Waals surface area contributed by atoms with Crippen molar-refractivity contribution in [2.75, 3.05) is 30.9 Å². The first-order valence-corrected chi connectivity index (χ1v) is 13.7. The molecule has 38 heavy (non-hydrogen) atoms. The molecule has 0 N–H and O–H groups in total. The van der Waals surface area contributed by atoms with E-state index in [-0.39, 0.29) is 26.1 Å². The molecule has 0 saturated carbocycles. The average Bonchev–Trinajstić information content (AvgIpc) is 3.19. The highest BCUT2D eigenvalue weighted by Crippen LogP contribution is 2.38. The van der Waals surface area contributed by atoms with E-state index in [1.165, 1.54) is 15.9 Å². The molecule has 0 aliphatic carbocycles. The van der Waals surface area contributed by atoms with E-state index < -0.39 is 33.9 Å². The zero-order valence-electron chi connectivity index (χ0n) is 20.2. The van der Waals surface area contributed by atoms with Crippen molar-refractivity contribution in [2.45, 2.75) is 18.6 Å². The number of nitrogens with zero attached hydrogens (tertiary/aromatic N) is 2. The first-order valence-electron chi connectivity index (χ1n) is 11.5. The van der Waals surface area contributed by atoms with Crippen molar-refractivity contribution in [2.24, 2.45) is 0 Å². The van der Waals surface area contributed by atoms with Crippen molar-refractivity contribution >= 4 is 33.4 Å². The van der Waals surface area contributed by atoms with Gasteiger partial charge < -0.3 is 9.64 Å². The Morgan fingerprint density at radius 1 is 1.00 bits per heavy atom. The van der Waals surface area contributed by atoms with Gasteiger partial charge in [-0.05, 0) is 72.6 Å². The van der Waals surface area contributed by atoms with Gasteiger partial charge in [-0.3, -0.25) is 9.08 Å². The van der Waals surface area contributed by atoms with E-state index in [1.807, 2.05) is 0 Å². The predicted molar refractivity (Wildman–Crippen MR) is 137 cm³/mol. The van der Waals surface area contributed by atoms with Gasteiger partial charge in [-0.2, -0.15) is 21.6 Å². The maximum absolute atomic E-state index is 13.4. The second kappa shape index (κ2) is 11.2. The molecule has 1 heterocycles. The van der Waals surface area contributed by atoms with E-state index in [4.69, 9.17) is 20.5 Å². The number of hydrogen-bond acceptors (Lipinski definition) is 5. The monoisotopic (exact) mass is 568 g/mol. The van der Waals surface area contributed by atoms with E-state index in [1.54, 1.807) is 54.6 Å². The Bertz CT molecular complexity index is 1380. The number of benzene rings is 3. The smallest absolute Gasteiger partial charge is 0.416 e. The summed E-state index contributed by atoms with van der Waals surface area (Å²) in [4.78, 5) is 16.3. The minimum absolute atomic E-state index is 0.113. The molecule has 202 valence electrons. The lowest BCUT2D eigenvalue weighted by Gasteiger charge is -2.24. The van der Waals surface area contributed by atoms with Crippen LogP contribution in [0.25, 0.3) is 0 Å². The van der Waals surface area contributed by atoms with Gasteiger partial charge in [-0.15, -0.1) is 0 Å². The molecule has 0 radical (unpaired) electrons. The summed E-state index contributed by atoms with van der Waals surface area (Å²) in [6, 6.07) is 17.2. The number of amides is 2. The van der Waals surface area contributed by atoms with E-state index in [0.29, 0.717) is 27.8 Å². The van der Waals surface area contributed by atoms with Crippen LogP contribution in [0.3, 0.4) is 0 Å². The minimum Gasteiger partial charge on any atom is -0.457 e. The Balaban J connectivity index is 1.58. The maximum Gasteiger partial charge on any atom is 0.416 e. The summed E-state index contributed by atoms with van der Waals surface area (Å²) < 4.78 is 73.2. The number of alkyl halides is 3. The van der Waals surface area contributed by atoms with E-state index >= 15 is 0 Å². The van der Waals surface area contributed by atoms with E-state index in [9.17, 15) is 26.4 Å². The van der Waals surface area contributed by atoms with Crippen molar-refractivity contribution in [3.05, 3.63) is 88.9 Å². The third-order valence-corrected chi connectivity index (χ3v) is 6.66. The van der Waals surface area contributed by atoms with Crippen LogP contribution in [0.5, 0.6) is 11.5 Å². The Hall–Kier alpha value is -3.28. The van der Waals surface area contributed by atoms with Gasteiger partial charge in [0.2, 0.25) is 0 Å². The molecular formula is C26H24ClF3N2O5S. The van der Waals surface area contributed by atoms with Gasteiger partial charge in [-0.1, -0.05) is 23.7 Å². The quantitative estimate of drug-likeness (QED) is 0.217.